The average molecular weight is 301 g/mol. The van der Waals surface area contributed by atoms with Crippen LogP contribution >= 0.6 is 15.9 Å². The molecule has 0 unspecified atom stereocenters. The van der Waals surface area contributed by atoms with Gasteiger partial charge in [-0.15, -0.1) is 0 Å². The maximum absolute atomic E-state index is 10.9. The molecule has 0 aromatic heterocycles. The highest BCUT2D eigenvalue weighted by atomic mass is 79.9. The van der Waals surface area contributed by atoms with Gasteiger partial charge in [-0.05, 0) is 12.1 Å². The number of carbonyl (C=O) groups is 1. The molecule has 0 amide bonds. The second kappa shape index (κ2) is 4.22. The van der Waals surface area contributed by atoms with E-state index in [0.29, 0.717) is 11.5 Å². The molecule has 92 valence electrons. The van der Waals surface area contributed by atoms with Crippen molar-refractivity contribution in [3.05, 3.63) is 22.2 Å². The largest absolute Gasteiger partial charge is 0.481 e. The van der Waals surface area contributed by atoms with Crippen LogP contribution in [0.3, 0.4) is 0 Å². The highest BCUT2D eigenvalue weighted by Gasteiger charge is 2.31. The zero-order valence-corrected chi connectivity index (χ0v) is 11.2. The maximum Gasteiger partial charge on any atom is 0.304 e. The predicted octanol–water partition coefficient (Wildman–Crippen LogP) is 2.93. The summed E-state index contributed by atoms with van der Waals surface area (Å²) in [6.45, 7) is 3.94. The zero-order chi connectivity index (χ0) is 12.6. The molecular formula is C12H13BrO4. The van der Waals surface area contributed by atoms with Gasteiger partial charge in [0.15, 0.2) is 11.5 Å². The van der Waals surface area contributed by atoms with Gasteiger partial charge in [-0.3, -0.25) is 4.79 Å². The first-order valence-corrected chi connectivity index (χ1v) is 6.01. The Bertz CT molecular complexity index is 468. The summed E-state index contributed by atoms with van der Waals surface area (Å²) in [4.78, 5) is 10.9. The van der Waals surface area contributed by atoms with E-state index in [2.05, 4.69) is 15.9 Å². The van der Waals surface area contributed by atoms with E-state index in [1.807, 2.05) is 26.0 Å². The van der Waals surface area contributed by atoms with Gasteiger partial charge in [0, 0.05) is 15.5 Å². The Morgan fingerprint density at radius 2 is 2.18 bits per heavy atom. The number of carboxylic acids is 1. The number of carboxylic acid groups (broad SMARTS) is 1. The van der Waals surface area contributed by atoms with Crippen molar-refractivity contribution in [2.45, 2.75) is 25.7 Å². The van der Waals surface area contributed by atoms with Crippen LogP contribution in [0.5, 0.6) is 11.5 Å². The minimum absolute atomic E-state index is 0.0409. The molecule has 0 aliphatic carbocycles. The first kappa shape index (κ1) is 12.2. The summed E-state index contributed by atoms with van der Waals surface area (Å²) in [5.74, 6) is 0.481. The molecule has 0 bridgehead atoms. The molecule has 1 aliphatic rings. The van der Waals surface area contributed by atoms with Crippen molar-refractivity contribution in [3.8, 4) is 11.5 Å². The van der Waals surface area contributed by atoms with Crippen LogP contribution in [0.1, 0.15) is 25.8 Å². The van der Waals surface area contributed by atoms with Gasteiger partial charge in [0.2, 0.25) is 6.79 Å². The van der Waals surface area contributed by atoms with Crippen LogP contribution in [0.4, 0.5) is 0 Å². The minimum Gasteiger partial charge on any atom is -0.481 e. The van der Waals surface area contributed by atoms with Gasteiger partial charge >= 0.3 is 5.97 Å². The van der Waals surface area contributed by atoms with E-state index in [9.17, 15) is 4.79 Å². The van der Waals surface area contributed by atoms with Crippen molar-refractivity contribution >= 4 is 21.9 Å². The van der Waals surface area contributed by atoms with Crippen LogP contribution < -0.4 is 9.47 Å². The van der Waals surface area contributed by atoms with Gasteiger partial charge in [0.25, 0.3) is 0 Å². The molecule has 1 heterocycles. The molecule has 5 heteroatoms. The topological polar surface area (TPSA) is 55.8 Å². The normalized spacial score (nSPS) is 13.8. The van der Waals surface area contributed by atoms with Crippen LogP contribution in [-0.4, -0.2) is 17.9 Å². The number of hydrogen-bond donors (Lipinski definition) is 1. The molecule has 1 aliphatic heterocycles. The first-order chi connectivity index (χ1) is 7.90. The van der Waals surface area contributed by atoms with Gasteiger partial charge in [-0.1, -0.05) is 29.8 Å². The molecule has 1 N–H and O–H groups in total. The van der Waals surface area contributed by atoms with Crippen molar-refractivity contribution in [1.82, 2.24) is 0 Å². The van der Waals surface area contributed by atoms with E-state index in [1.54, 1.807) is 0 Å². The van der Waals surface area contributed by atoms with Crippen LogP contribution in [0.2, 0.25) is 0 Å². The molecule has 0 saturated heterocycles. The SMILES string of the molecule is CC(C)(CC(=O)O)c1cc(Br)cc2c1OCO2. The van der Waals surface area contributed by atoms with Gasteiger partial charge in [-0.2, -0.15) is 0 Å². The van der Waals surface area contributed by atoms with Gasteiger partial charge in [0.1, 0.15) is 0 Å². The molecule has 4 nitrogen and oxygen atoms in total. The van der Waals surface area contributed by atoms with Crippen molar-refractivity contribution < 1.29 is 19.4 Å². The lowest BCUT2D eigenvalue weighted by Crippen LogP contribution is -2.22. The number of ether oxygens (including phenoxy) is 2. The number of aliphatic carboxylic acids is 1. The molecule has 1 aromatic carbocycles. The molecular weight excluding hydrogens is 288 g/mol. The van der Waals surface area contributed by atoms with E-state index in [0.717, 1.165) is 10.0 Å². The Morgan fingerprint density at radius 1 is 1.47 bits per heavy atom. The lowest BCUT2D eigenvalue weighted by Gasteiger charge is -2.24. The Balaban J connectivity index is 2.48. The van der Waals surface area contributed by atoms with Gasteiger partial charge < -0.3 is 14.6 Å². The second-order valence-electron chi connectivity index (χ2n) is 4.64. The van der Waals surface area contributed by atoms with Crippen molar-refractivity contribution in [1.29, 1.82) is 0 Å². The number of benzene rings is 1. The van der Waals surface area contributed by atoms with Gasteiger partial charge in [0.05, 0.1) is 6.42 Å². The van der Waals surface area contributed by atoms with Crippen molar-refractivity contribution in [2.24, 2.45) is 0 Å². The predicted molar refractivity (Wildman–Crippen MR) is 65.5 cm³/mol. The minimum atomic E-state index is -0.831. The van der Waals surface area contributed by atoms with Crippen LogP contribution in [0, 0.1) is 0 Å². The van der Waals surface area contributed by atoms with E-state index in [4.69, 9.17) is 14.6 Å². The third kappa shape index (κ3) is 2.39. The number of hydrogen-bond acceptors (Lipinski definition) is 3. The summed E-state index contributed by atoms with van der Waals surface area (Å²) in [6, 6.07) is 3.71. The fraction of sp³-hybridized carbons (Fsp3) is 0.417. The van der Waals surface area contributed by atoms with Crippen LogP contribution in [0.25, 0.3) is 0 Å². The molecule has 0 saturated carbocycles. The third-order valence-corrected chi connectivity index (χ3v) is 3.22. The Morgan fingerprint density at radius 3 is 2.82 bits per heavy atom. The van der Waals surface area contributed by atoms with Crippen LogP contribution in [-0.2, 0) is 10.2 Å². The summed E-state index contributed by atoms with van der Waals surface area (Å²) < 4.78 is 11.6. The second-order valence-corrected chi connectivity index (χ2v) is 5.56. The van der Waals surface area contributed by atoms with E-state index in [1.165, 1.54) is 0 Å². The molecule has 0 atom stereocenters. The lowest BCUT2D eigenvalue weighted by atomic mass is 9.81. The molecule has 1 aromatic rings. The summed E-state index contributed by atoms with van der Waals surface area (Å²) >= 11 is 3.39. The van der Waals surface area contributed by atoms with E-state index in [-0.39, 0.29) is 13.2 Å². The molecule has 17 heavy (non-hydrogen) atoms. The number of rotatable bonds is 3. The maximum atomic E-state index is 10.9. The quantitative estimate of drug-likeness (QED) is 0.932. The van der Waals surface area contributed by atoms with E-state index >= 15 is 0 Å². The first-order valence-electron chi connectivity index (χ1n) is 5.21. The number of fused-ring (bicyclic) bond motifs is 1. The van der Waals surface area contributed by atoms with Gasteiger partial charge in [-0.25, -0.2) is 0 Å². The van der Waals surface area contributed by atoms with Crippen LogP contribution in [0.15, 0.2) is 16.6 Å². The summed E-state index contributed by atoms with van der Waals surface area (Å²) in [7, 11) is 0. The lowest BCUT2D eigenvalue weighted by molar-refractivity contribution is -0.138. The molecule has 2 rings (SSSR count). The monoisotopic (exact) mass is 300 g/mol. The molecule has 0 spiro atoms. The molecule has 0 fully saturated rings. The highest BCUT2D eigenvalue weighted by Crippen LogP contribution is 2.44. The third-order valence-electron chi connectivity index (χ3n) is 2.76. The number of halogens is 1. The average Bonchev–Trinajstić information content (AvgIpc) is 2.61. The Hall–Kier alpha value is -1.23. The standard InChI is InChI=1S/C12H13BrO4/c1-12(2,5-10(14)15)8-3-7(13)4-9-11(8)17-6-16-9/h3-4H,5-6H2,1-2H3,(H,14,15). The van der Waals surface area contributed by atoms with Crippen molar-refractivity contribution in [2.75, 3.05) is 6.79 Å². The highest BCUT2D eigenvalue weighted by molar-refractivity contribution is 9.10. The zero-order valence-electron chi connectivity index (χ0n) is 9.62. The molecule has 0 radical (unpaired) electrons. The summed E-state index contributed by atoms with van der Waals surface area (Å²) in [5, 5.41) is 8.94. The Kier molecular flexibility index (Phi) is 3.03. The fourth-order valence-corrected chi connectivity index (χ4v) is 2.39. The smallest absolute Gasteiger partial charge is 0.304 e. The summed E-state index contributed by atoms with van der Waals surface area (Å²) in [6.07, 6.45) is 0.0409. The fourth-order valence-electron chi connectivity index (χ4n) is 1.95. The van der Waals surface area contributed by atoms with E-state index < -0.39 is 11.4 Å². The van der Waals surface area contributed by atoms with Crippen molar-refractivity contribution in [3.63, 3.8) is 0 Å². The Labute approximate surface area is 108 Å². The summed E-state index contributed by atoms with van der Waals surface area (Å²) in [5.41, 5.74) is 0.342.